The molecule has 29 heavy (non-hydrogen) atoms. The van der Waals surface area contributed by atoms with Crippen molar-refractivity contribution >= 4 is 17.9 Å². The number of benzene rings is 2. The van der Waals surface area contributed by atoms with Gasteiger partial charge in [0.05, 0.1) is 28.4 Å². The second-order valence-corrected chi connectivity index (χ2v) is 5.80. The van der Waals surface area contributed by atoms with Crippen LogP contribution in [0.2, 0.25) is 0 Å². The van der Waals surface area contributed by atoms with Gasteiger partial charge < -0.3 is 24.1 Å². The van der Waals surface area contributed by atoms with Gasteiger partial charge in [0.25, 0.3) is 0 Å². The summed E-state index contributed by atoms with van der Waals surface area (Å²) in [6, 6.07) is 10.7. The highest BCUT2D eigenvalue weighted by molar-refractivity contribution is 6.02. The number of hydrogen-bond acceptors (Lipinski definition) is 6. The molecule has 0 bridgehead atoms. The number of ether oxygens (including phenoxy) is 4. The third-order valence-electron chi connectivity index (χ3n) is 4.02. The van der Waals surface area contributed by atoms with Crippen LogP contribution < -0.4 is 18.9 Å². The van der Waals surface area contributed by atoms with E-state index in [0.717, 1.165) is 6.08 Å². The van der Waals surface area contributed by atoms with Gasteiger partial charge in [0.2, 0.25) is 0 Å². The summed E-state index contributed by atoms with van der Waals surface area (Å²) < 4.78 is 21.1. The van der Waals surface area contributed by atoms with E-state index >= 15 is 0 Å². The third-order valence-corrected chi connectivity index (χ3v) is 4.02. The molecule has 0 fully saturated rings. The molecule has 0 saturated carbocycles. The lowest BCUT2D eigenvalue weighted by molar-refractivity contribution is -0.110. The Morgan fingerprint density at radius 3 is 1.69 bits per heavy atom. The fourth-order valence-corrected chi connectivity index (χ4v) is 2.68. The first-order valence-corrected chi connectivity index (χ1v) is 8.76. The molecular weight excluding hydrogens is 372 g/mol. The normalized spacial score (nSPS) is 11.7. The monoisotopic (exact) mass is 396 g/mol. The second-order valence-electron chi connectivity index (χ2n) is 5.80. The number of aliphatic hydroxyl groups is 1. The molecule has 1 N–H and O–H groups in total. The molecule has 2 aromatic carbocycles. The Hall–Kier alpha value is -3.67. The number of ketones is 1. The van der Waals surface area contributed by atoms with Crippen molar-refractivity contribution in [3.63, 3.8) is 0 Å². The summed E-state index contributed by atoms with van der Waals surface area (Å²) >= 11 is 0. The number of para-hydroxylation sites is 2. The molecule has 6 heteroatoms. The van der Waals surface area contributed by atoms with E-state index in [1.54, 1.807) is 56.7 Å². The van der Waals surface area contributed by atoms with Gasteiger partial charge >= 0.3 is 0 Å². The molecule has 6 nitrogen and oxygen atoms in total. The number of carbonyl (C=O) groups is 1. The summed E-state index contributed by atoms with van der Waals surface area (Å²) in [5.74, 6) is 1.63. The lowest BCUT2D eigenvalue weighted by Crippen LogP contribution is -1.94. The van der Waals surface area contributed by atoms with Gasteiger partial charge in [-0.2, -0.15) is 0 Å². The number of methoxy groups -OCH3 is 4. The Bertz CT molecular complexity index is 940. The number of carbonyl (C=O) groups excluding carboxylic acids is 1. The minimum atomic E-state index is -0.380. The fourth-order valence-electron chi connectivity index (χ4n) is 2.68. The van der Waals surface area contributed by atoms with Gasteiger partial charge in [0.1, 0.15) is 5.76 Å². The summed E-state index contributed by atoms with van der Waals surface area (Å²) in [5.41, 5.74) is 1.39. The Balaban J connectivity index is 2.16. The van der Waals surface area contributed by atoms with E-state index in [1.165, 1.54) is 26.4 Å². The first kappa shape index (κ1) is 21.6. The Morgan fingerprint density at radius 1 is 0.759 bits per heavy atom. The van der Waals surface area contributed by atoms with Crippen LogP contribution in [-0.2, 0) is 4.79 Å². The van der Waals surface area contributed by atoms with Crippen LogP contribution in [-0.4, -0.2) is 39.3 Å². The van der Waals surface area contributed by atoms with Crippen molar-refractivity contribution in [2.45, 2.75) is 0 Å². The zero-order valence-electron chi connectivity index (χ0n) is 16.8. The Morgan fingerprint density at radius 2 is 1.24 bits per heavy atom. The Labute approximate surface area is 170 Å². The van der Waals surface area contributed by atoms with Crippen LogP contribution in [0.3, 0.4) is 0 Å². The molecule has 0 amide bonds. The van der Waals surface area contributed by atoms with E-state index in [4.69, 9.17) is 18.9 Å². The lowest BCUT2D eigenvalue weighted by atomic mass is 10.1. The zero-order valence-corrected chi connectivity index (χ0v) is 16.8. The largest absolute Gasteiger partial charge is 0.508 e. The highest BCUT2D eigenvalue weighted by atomic mass is 16.5. The smallest absolute Gasteiger partial charge is 0.182 e. The topological polar surface area (TPSA) is 74.2 Å². The maximum Gasteiger partial charge on any atom is 0.182 e. The van der Waals surface area contributed by atoms with E-state index in [9.17, 15) is 9.90 Å². The van der Waals surface area contributed by atoms with Crippen LogP contribution in [0.25, 0.3) is 12.2 Å². The van der Waals surface area contributed by atoms with Crippen molar-refractivity contribution in [1.82, 2.24) is 0 Å². The number of aliphatic hydroxyl groups excluding tert-OH is 1. The average Bonchev–Trinajstić information content (AvgIpc) is 2.75. The summed E-state index contributed by atoms with van der Waals surface area (Å²) in [6.45, 7) is 0. The summed E-state index contributed by atoms with van der Waals surface area (Å²) in [4.78, 5) is 12.1. The van der Waals surface area contributed by atoms with Crippen molar-refractivity contribution in [3.8, 4) is 23.0 Å². The molecular formula is C23H24O6. The second kappa shape index (κ2) is 10.6. The molecule has 0 atom stereocenters. The van der Waals surface area contributed by atoms with Gasteiger partial charge in [0, 0.05) is 17.2 Å². The molecule has 0 unspecified atom stereocenters. The molecule has 0 aliphatic carbocycles. The van der Waals surface area contributed by atoms with Crippen LogP contribution in [0.5, 0.6) is 23.0 Å². The van der Waals surface area contributed by atoms with E-state index in [1.807, 2.05) is 6.07 Å². The van der Waals surface area contributed by atoms with Crippen molar-refractivity contribution in [3.05, 3.63) is 71.5 Å². The molecule has 0 aliphatic rings. The van der Waals surface area contributed by atoms with E-state index in [-0.39, 0.29) is 11.5 Å². The van der Waals surface area contributed by atoms with Crippen LogP contribution in [0.1, 0.15) is 11.1 Å². The van der Waals surface area contributed by atoms with Gasteiger partial charge in [-0.15, -0.1) is 0 Å². The highest BCUT2D eigenvalue weighted by Crippen LogP contribution is 2.32. The molecule has 0 aliphatic heterocycles. The molecule has 0 heterocycles. The predicted octanol–water partition coefficient (Wildman–Crippen LogP) is 4.46. The SMILES string of the molecule is COc1cccc(C=CC(=O)C=C(O)C=Cc2cccc(OC)c2OC)c1OC. The van der Waals surface area contributed by atoms with Gasteiger partial charge in [-0.25, -0.2) is 0 Å². The third kappa shape index (κ3) is 5.65. The molecule has 0 saturated heterocycles. The average molecular weight is 396 g/mol. The first-order chi connectivity index (χ1) is 14.0. The molecule has 0 spiro atoms. The van der Waals surface area contributed by atoms with Gasteiger partial charge in [-0.05, 0) is 36.4 Å². The van der Waals surface area contributed by atoms with Gasteiger partial charge in [0.15, 0.2) is 28.8 Å². The molecule has 0 radical (unpaired) electrons. The molecule has 0 aromatic heterocycles. The van der Waals surface area contributed by atoms with Crippen molar-refractivity contribution in [2.75, 3.05) is 28.4 Å². The van der Waals surface area contributed by atoms with Crippen LogP contribution in [0.15, 0.2) is 60.4 Å². The fraction of sp³-hybridized carbons (Fsp3) is 0.174. The quantitative estimate of drug-likeness (QED) is 0.383. The van der Waals surface area contributed by atoms with Crippen molar-refractivity contribution < 1.29 is 28.8 Å². The Kier molecular flexibility index (Phi) is 7.91. The zero-order chi connectivity index (χ0) is 21.2. The minimum Gasteiger partial charge on any atom is -0.508 e. The van der Waals surface area contributed by atoms with E-state index < -0.39 is 0 Å². The minimum absolute atomic E-state index is 0.192. The van der Waals surface area contributed by atoms with Crippen molar-refractivity contribution in [1.29, 1.82) is 0 Å². The molecule has 2 aromatic rings. The maximum atomic E-state index is 12.1. The van der Waals surface area contributed by atoms with Crippen LogP contribution in [0.4, 0.5) is 0 Å². The number of hydrogen-bond donors (Lipinski definition) is 1. The molecule has 2 rings (SSSR count). The summed E-state index contributed by atoms with van der Waals surface area (Å²) in [6.07, 6.45) is 7.10. The van der Waals surface area contributed by atoms with Crippen LogP contribution >= 0.6 is 0 Å². The lowest BCUT2D eigenvalue weighted by Gasteiger charge is -2.09. The predicted molar refractivity (Wildman–Crippen MR) is 113 cm³/mol. The summed E-state index contributed by atoms with van der Waals surface area (Å²) in [5, 5.41) is 10.1. The number of rotatable bonds is 9. The van der Waals surface area contributed by atoms with Crippen molar-refractivity contribution in [2.24, 2.45) is 0 Å². The maximum absolute atomic E-state index is 12.1. The first-order valence-electron chi connectivity index (χ1n) is 8.76. The van der Waals surface area contributed by atoms with Gasteiger partial charge in [-0.1, -0.05) is 24.3 Å². The standard InChI is InChI=1S/C23H24O6/c1-26-20-9-5-7-16(22(20)28-3)11-13-18(24)15-19(25)14-12-17-8-6-10-21(27-2)23(17)29-4/h5-15,24H,1-4H3. The molecule has 152 valence electrons. The number of allylic oxidation sites excluding steroid dienone is 3. The summed E-state index contributed by atoms with van der Waals surface area (Å²) in [7, 11) is 6.15. The van der Waals surface area contributed by atoms with E-state index in [0.29, 0.717) is 34.1 Å². The van der Waals surface area contributed by atoms with Crippen LogP contribution in [0, 0.1) is 0 Å². The van der Waals surface area contributed by atoms with E-state index in [2.05, 4.69) is 0 Å². The highest BCUT2D eigenvalue weighted by Gasteiger charge is 2.08. The van der Waals surface area contributed by atoms with Gasteiger partial charge in [-0.3, -0.25) is 4.79 Å².